The van der Waals surface area contributed by atoms with E-state index in [1.54, 1.807) is 6.20 Å². The number of aromatic nitrogens is 4. The molecule has 2 saturated carbocycles. The quantitative estimate of drug-likeness (QED) is 0.740. The Morgan fingerprint density at radius 2 is 1.90 bits per heavy atom. The molecular weight excluding hydrogens is 254 g/mol. The van der Waals surface area contributed by atoms with Crippen LogP contribution < -0.4 is 5.73 Å². The fourth-order valence-corrected chi connectivity index (χ4v) is 2.48. The predicted molar refractivity (Wildman–Crippen MR) is 77.2 cm³/mol. The molecule has 4 rings (SSSR count). The molecule has 0 aliphatic heterocycles. The Morgan fingerprint density at radius 1 is 1.15 bits per heavy atom. The van der Waals surface area contributed by atoms with Gasteiger partial charge in [-0.15, -0.1) is 0 Å². The molecule has 108 valence electrons. The summed E-state index contributed by atoms with van der Waals surface area (Å²) >= 11 is 0. The van der Waals surface area contributed by atoms with Crippen LogP contribution in [-0.4, -0.2) is 31.4 Å². The summed E-state index contributed by atoms with van der Waals surface area (Å²) in [5, 5.41) is 15.5. The van der Waals surface area contributed by atoms with E-state index in [0.717, 1.165) is 18.5 Å². The third-order valence-electron chi connectivity index (χ3n) is 3.88. The maximum atomic E-state index is 8.91. The Morgan fingerprint density at radius 3 is 2.50 bits per heavy atom. The number of anilines is 1. The van der Waals surface area contributed by atoms with Crippen LogP contribution in [0.5, 0.6) is 0 Å². The minimum atomic E-state index is 0.0359. The third kappa shape index (κ3) is 3.07. The first kappa shape index (κ1) is 13.3. The molecule has 0 unspecified atom stereocenters. The molecule has 0 amide bonds. The molecule has 0 aromatic carbocycles. The van der Waals surface area contributed by atoms with Crippen molar-refractivity contribution in [1.82, 2.24) is 20.2 Å². The molecule has 4 N–H and O–H groups in total. The van der Waals surface area contributed by atoms with Gasteiger partial charge in [0.15, 0.2) is 5.52 Å². The summed E-state index contributed by atoms with van der Waals surface area (Å²) in [6.07, 6.45) is 10.2. The Bertz CT molecular complexity index is 572. The fraction of sp³-hybridized carbons (Fsp3) is 0.643. The van der Waals surface area contributed by atoms with Gasteiger partial charge < -0.3 is 10.8 Å². The zero-order valence-corrected chi connectivity index (χ0v) is 11.5. The van der Waals surface area contributed by atoms with Gasteiger partial charge in [0.05, 0.1) is 11.8 Å². The zero-order chi connectivity index (χ0) is 13.9. The summed E-state index contributed by atoms with van der Waals surface area (Å²) < 4.78 is 0. The van der Waals surface area contributed by atoms with Crippen LogP contribution in [0.15, 0.2) is 6.20 Å². The molecule has 2 heterocycles. The average Bonchev–Trinajstić information content (AvgIpc) is 3.25. The van der Waals surface area contributed by atoms with Gasteiger partial charge in [0.25, 0.3) is 0 Å². The van der Waals surface area contributed by atoms with Gasteiger partial charge in [-0.05, 0) is 25.7 Å². The van der Waals surface area contributed by atoms with E-state index in [0.29, 0.717) is 22.9 Å². The molecule has 2 aromatic heterocycles. The normalized spacial score (nSPS) is 19.6. The summed E-state index contributed by atoms with van der Waals surface area (Å²) in [5.41, 5.74) is 7.94. The highest BCUT2D eigenvalue weighted by Crippen LogP contribution is 2.38. The monoisotopic (exact) mass is 275 g/mol. The van der Waals surface area contributed by atoms with Crippen LogP contribution in [0.25, 0.3) is 11.2 Å². The standard InChI is InChI=1S/C8H9N5.C6H12O/c9-7-6-8(13-12-7)11-5(3-10-6)4-1-2-4;7-6-4-2-1-3-5-6/h3-4H,1-2H2,(H3,9,11,12,13);6-7H,1-5H2. The number of nitrogens with zero attached hydrogens (tertiary/aromatic N) is 3. The third-order valence-corrected chi connectivity index (χ3v) is 3.88. The summed E-state index contributed by atoms with van der Waals surface area (Å²) in [4.78, 5) is 8.59. The Hall–Kier alpha value is -1.69. The van der Waals surface area contributed by atoms with E-state index in [4.69, 9.17) is 10.8 Å². The first-order valence-electron chi connectivity index (χ1n) is 7.38. The number of aromatic amines is 1. The van der Waals surface area contributed by atoms with E-state index in [9.17, 15) is 0 Å². The maximum Gasteiger partial charge on any atom is 0.202 e. The lowest BCUT2D eigenvalue weighted by Crippen LogP contribution is -2.09. The number of aliphatic hydroxyl groups is 1. The molecule has 6 nitrogen and oxygen atoms in total. The minimum Gasteiger partial charge on any atom is -0.393 e. The molecule has 6 heteroatoms. The van der Waals surface area contributed by atoms with E-state index in [1.165, 1.54) is 32.1 Å². The van der Waals surface area contributed by atoms with Crippen LogP contribution in [0.3, 0.4) is 0 Å². The molecule has 20 heavy (non-hydrogen) atoms. The highest BCUT2D eigenvalue weighted by molar-refractivity contribution is 5.81. The van der Waals surface area contributed by atoms with Crippen LogP contribution in [0.1, 0.15) is 56.6 Å². The summed E-state index contributed by atoms with van der Waals surface area (Å²) in [6.45, 7) is 0. The van der Waals surface area contributed by atoms with Crippen molar-refractivity contribution in [2.24, 2.45) is 0 Å². The van der Waals surface area contributed by atoms with Crippen LogP contribution in [-0.2, 0) is 0 Å². The minimum absolute atomic E-state index is 0.0359. The van der Waals surface area contributed by atoms with Crippen molar-refractivity contribution in [3.63, 3.8) is 0 Å². The van der Waals surface area contributed by atoms with Crippen molar-refractivity contribution >= 4 is 17.0 Å². The number of rotatable bonds is 1. The van der Waals surface area contributed by atoms with E-state index in [-0.39, 0.29) is 6.10 Å². The van der Waals surface area contributed by atoms with Crippen LogP contribution >= 0.6 is 0 Å². The Balaban J connectivity index is 0.000000147. The number of fused-ring (bicyclic) bond motifs is 1. The van der Waals surface area contributed by atoms with Crippen LogP contribution in [0.2, 0.25) is 0 Å². The summed E-state index contributed by atoms with van der Waals surface area (Å²) in [5.74, 6) is 1.10. The smallest absolute Gasteiger partial charge is 0.202 e. The van der Waals surface area contributed by atoms with Crippen LogP contribution in [0.4, 0.5) is 5.82 Å². The molecule has 0 spiro atoms. The van der Waals surface area contributed by atoms with Gasteiger partial charge in [-0.2, -0.15) is 5.10 Å². The van der Waals surface area contributed by atoms with Crippen molar-refractivity contribution in [3.8, 4) is 0 Å². The topological polar surface area (TPSA) is 101 Å². The molecule has 2 fully saturated rings. The van der Waals surface area contributed by atoms with Gasteiger partial charge >= 0.3 is 0 Å². The molecule has 2 aliphatic carbocycles. The number of hydrogen-bond acceptors (Lipinski definition) is 5. The number of aliphatic hydroxyl groups excluding tert-OH is 1. The highest BCUT2D eigenvalue weighted by atomic mass is 16.3. The summed E-state index contributed by atoms with van der Waals surface area (Å²) in [6, 6.07) is 0. The van der Waals surface area contributed by atoms with Gasteiger partial charge in [0.2, 0.25) is 5.65 Å². The fourth-order valence-electron chi connectivity index (χ4n) is 2.48. The van der Waals surface area contributed by atoms with Gasteiger partial charge in [0.1, 0.15) is 5.82 Å². The SMILES string of the molecule is Nc1[nH]nc2nc(C3CC3)cnc12.OC1CCCCC1. The van der Waals surface area contributed by atoms with Crippen molar-refractivity contribution in [2.45, 2.75) is 57.0 Å². The number of hydrogen-bond donors (Lipinski definition) is 3. The molecule has 0 saturated heterocycles. The zero-order valence-electron chi connectivity index (χ0n) is 11.5. The number of nitrogens with one attached hydrogen (secondary N) is 1. The first-order valence-corrected chi connectivity index (χ1v) is 7.38. The van der Waals surface area contributed by atoms with Crippen molar-refractivity contribution in [1.29, 1.82) is 0 Å². The van der Waals surface area contributed by atoms with E-state index < -0.39 is 0 Å². The molecule has 2 aromatic rings. The lowest BCUT2D eigenvalue weighted by molar-refractivity contribution is 0.130. The van der Waals surface area contributed by atoms with Gasteiger partial charge in [-0.1, -0.05) is 19.3 Å². The molecule has 2 aliphatic rings. The average molecular weight is 275 g/mol. The number of nitrogen functional groups attached to an aromatic ring is 1. The van der Waals surface area contributed by atoms with Crippen LogP contribution in [0, 0.1) is 0 Å². The Labute approximate surface area is 117 Å². The van der Waals surface area contributed by atoms with Crippen molar-refractivity contribution in [3.05, 3.63) is 11.9 Å². The second-order valence-electron chi connectivity index (χ2n) is 5.67. The van der Waals surface area contributed by atoms with E-state index >= 15 is 0 Å². The lowest BCUT2D eigenvalue weighted by Gasteiger charge is -2.14. The molecule has 0 atom stereocenters. The molecule has 0 radical (unpaired) electrons. The number of nitrogens with two attached hydrogens (primary N) is 1. The second-order valence-corrected chi connectivity index (χ2v) is 5.67. The van der Waals surface area contributed by atoms with Crippen molar-refractivity contribution < 1.29 is 5.11 Å². The first-order chi connectivity index (χ1) is 9.74. The second kappa shape index (κ2) is 5.75. The van der Waals surface area contributed by atoms with E-state index in [1.807, 2.05) is 0 Å². The number of H-pyrrole nitrogens is 1. The Kier molecular flexibility index (Phi) is 3.82. The maximum absolute atomic E-state index is 8.91. The largest absolute Gasteiger partial charge is 0.393 e. The lowest BCUT2D eigenvalue weighted by atomic mass is 9.98. The van der Waals surface area contributed by atoms with Crippen molar-refractivity contribution in [2.75, 3.05) is 5.73 Å². The van der Waals surface area contributed by atoms with E-state index in [2.05, 4.69) is 20.2 Å². The highest BCUT2D eigenvalue weighted by Gasteiger charge is 2.25. The molecule has 0 bridgehead atoms. The van der Waals surface area contributed by atoms with Gasteiger partial charge in [0, 0.05) is 12.1 Å². The van der Waals surface area contributed by atoms with Gasteiger partial charge in [-0.3, -0.25) is 5.10 Å². The van der Waals surface area contributed by atoms with Gasteiger partial charge in [-0.25, -0.2) is 9.97 Å². The molecular formula is C14H21N5O. The predicted octanol–water partition coefficient (Wildman–Crippen LogP) is 2.12. The summed E-state index contributed by atoms with van der Waals surface area (Å²) in [7, 11) is 0.